The van der Waals surface area contributed by atoms with Crippen molar-refractivity contribution in [1.29, 1.82) is 5.26 Å². The fraction of sp³-hybridized carbons (Fsp3) is 0.278. The van der Waals surface area contributed by atoms with Gasteiger partial charge in [-0.05, 0) is 36.4 Å². The number of methoxy groups -OCH3 is 1. The molecule has 0 aliphatic carbocycles. The first-order valence-electron chi connectivity index (χ1n) is 7.94. The molecule has 2 aromatic rings. The van der Waals surface area contributed by atoms with Gasteiger partial charge < -0.3 is 9.64 Å². The molecule has 1 aliphatic rings. The Labute approximate surface area is 147 Å². The van der Waals surface area contributed by atoms with Crippen LogP contribution in [0.1, 0.15) is 5.56 Å². The van der Waals surface area contributed by atoms with Crippen LogP contribution in [0.4, 0.5) is 5.69 Å². The van der Waals surface area contributed by atoms with Gasteiger partial charge in [-0.1, -0.05) is 12.1 Å². The normalized spacial score (nSPS) is 15.6. The number of benzene rings is 2. The first-order valence-corrected chi connectivity index (χ1v) is 9.38. The predicted molar refractivity (Wildman–Crippen MR) is 95.1 cm³/mol. The Bertz CT molecular complexity index is 881. The maximum Gasteiger partial charge on any atom is 0.243 e. The van der Waals surface area contributed by atoms with Crippen LogP contribution in [0.2, 0.25) is 0 Å². The highest BCUT2D eigenvalue weighted by atomic mass is 32.2. The molecule has 0 aromatic heterocycles. The zero-order valence-corrected chi connectivity index (χ0v) is 14.7. The maximum absolute atomic E-state index is 12.8. The average molecular weight is 357 g/mol. The standard InChI is InChI=1S/C18H19N3O3S/c1-24-16-6-8-17(9-7-16)25(22,23)21-12-10-20(11-13-21)18-5-3-2-4-15(18)14-19/h2-9H,10-13H2,1H3. The van der Waals surface area contributed by atoms with Crippen LogP contribution in [0.3, 0.4) is 0 Å². The van der Waals surface area contributed by atoms with E-state index >= 15 is 0 Å². The van der Waals surface area contributed by atoms with E-state index in [-0.39, 0.29) is 4.90 Å². The molecule has 0 N–H and O–H groups in total. The lowest BCUT2D eigenvalue weighted by atomic mass is 10.1. The van der Waals surface area contributed by atoms with E-state index in [1.54, 1.807) is 37.4 Å². The Kier molecular flexibility index (Phi) is 4.93. The maximum atomic E-state index is 12.8. The second-order valence-corrected chi connectivity index (χ2v) is 7.63. The summed E-state index contributed by atoms with van der Waals surface area (Å²) in [5, 5.41) is 9.23. The van der Waals surface area contributed by atoms with Crippen LogP contribution in [0.5, 0.6) is 5.75 Å². The van der Waals surface area contributed by atoms with Crippen molar-refractivity contribution in [2.24, 2.45) is 0 Å². The van der Waals surface area contributed by atoms with Crippen LogP contribution in [0.25, 0.3) is 0 Å². The molecule has 1 heterocycles. The fourth-order valence-corrected chi connectivity index (χ4v) is 4.33. The van der Waals surface area contributed by atoms with Crippen molar-refractivity contribution < 1.29 is 13.2 Å². The number of nitriles is 1. The molecule has 7 heteroatoms. The van der Waals surface area contributed by atoms with E-state index in [0.29, 0.717) is 37.5 Å². The number of para-hydroxylation sites is 1. The summed E-state index contributed by atoms with van der Waals surface area (Å²) in [6.45, 7) is 1.87. The molecule has 25 heavy (non-hydrogen) atoms. The molecule has 130 valence electrons. The number of hydrogen-bond acceptors (Lipinski definition) is 5. The molecule has 1 aliphatic heterocycles. The van der Waals surface area contributed by atoms with Crippen LogP contribution in [0, 0.1) is 11.3 Å². The van der Waals surface area contributed by atoms with Gasteiger partial charge in [-0.2, -0.15) is 9.57 Å². The van der Waals surface area contributed by atoms with E-state index in [0.717, 1.165) is 5.69 Å². The largest absolute Gasteiger partial charge is 0.497 e. The Hall–Kier alpha value is -2.56. The van der Waals surface area contributed by atoms with Gasteiger partial charge in [-0.3, -0.25) is 0 Å². The van der Waals surface area contributed by atoms with Crippen LogP contribution in [-0.4, -0.2) is 46.0 Å². The van der Waals surface area contributed by atoms with E-state index in [4.69, 9.17) is 4.74 Å². The lowest BCUT2D eigenvalue weighted by Gasteiger charge is -2.35. The summed E-state index contributed by atoms with van der Waals surface area (Å²) in [6.07, 6.45) is 0. The lowest BCUT2D eigenvalue weighted by molar-refractivity contribution is 0.384. The van der Waals surface area contributed by atoms with Gasteiger partial charge in [0.05, 0.1) is 23.3 Å². The first-order chi connectivity index (χ1) is 12.1. The summed E-state index contributed by atoms with van der Waals surface area (Å²) in [6, 6.07) is 16.0. The lowest BCUT2D eigenvalue weighted by Crippen LogP contribution is -2.48. The predicted octanol–water partition coefficient (Wildman–Crippen LogP) is 2.08. The summed E-state index contributed by atoms with van der Waals surface area (Å²) >= 11 is 0. The smallest absolute Gasteiger partial charge is 0.243 e. The number of rotatable bonds is 4. The highest BCUT2D eigenvalue weighted by Crippen LogP contribution is 2.24. The van der Waals surface area contributed by atoms with Gasteiger partial charge in [0.2, 0.25) is 10.0 Å². The van der Waals surface area contributed by atoms with Crippen LogP contribution in [0.15, 0.2) is 53.4 Å². The van der Waals surface area contributed by atoms with E-state index in [2.05, 4.69) is 11.0 Å². The number of anilines is 1. The molecular weight excluding hydrogens is 338 g/mol. The van der Waals surface area contributed by atoms with Gasteiger partial charge in [-0.15, -0.1) is 0 Å². The van der Waals surface area contributed by atoms with Gasteiger partial charge >= 0.3 is 0 Å². The molecule has 1 saturated heterocycles. The molecule has 2 aromatic carbocycles. The Morgan fingerprint density at radius 2 is 1.64 bits per heavy atom. The summed E-state index contributed by atoms with van der Waals surface area (Å²) < 4.78 is 32.1. The van der Waals surface area contributed by atoms with E-state index < -0.39 is 10.0 Å². The molecule has 0 spiro atoms. The second-order valence-electron chi connectivity index (χ2n) is 5.70. The molecular formula is C18H19N3O3S. The van der Waals surface area contributed by atoms with Crippen LogP contribution in [-0.2, 0) is 10.0 Å². The molecule has 1 fully saturated rings. The fourth-order valence-electron chi connectivity index (χ4n) is 2.91. The van der Waals surface area contributed by atoms with E-state index in [1.165, 1.54) is 4.31 Å². The van der Waals surface area contributed by atoms with Gasteiger partial charge in [0, 0.05) is 26.2 Å². The molecule has 6 nitrogen and oxygen atoms in total. The molecule has 3 rings (SSSR count). The third-order valence-electron chi connectivity index (χ3n) is 4.30. The Balaban J connectivity index is 1.74. The quantitative estimate of drug-likeness (QED) is 0.838. The van der Waals surface area contributed by atoms with E-state index in [9.17, 15) is 13.7 Å². The van der Waals surface area contributed by atoms with Gasteiger partial charge in [0.1, 0.15) is 11.8 Å². The van der Waals surface area contributed by atoms with Crippen molar-refractivity contribution in [3.8, 4) is 11.8 Å². The molecule has 0 atom stereocenters. The molecule has 0 radical (unpaired) electrons. The zero-order valence-electron chi connectivity index (χ0n) is 13.9. The summed E-state index contributed by atoms with van der Waals surface area (Å²) in [5.74, 6) is 0.622. The van der Waals surface area contributed by atoms with Crippen molar-refractivity contribution in [3.63, 3.8) is 0 Å². The number of nitrogens with zero attached hydrogens (tertiary/aromatic N) is 3. The van der Waals surface area contributed by atoms with Gasteiger partial charge in [0.25, 0.3) is 0 Å². The van der Waals surface area contributed by atoms with Crippen molar-refractivity contribution in [1.82, 2.24) is 4.31 Å². The van der Waals surface area contributed by atoms with Gasteiger partial charge in [-0.25, -0.2) is 8.42 Å². The van der Waals surface area contributed by atoms with Crippen LogP contribution >= 0.6 is 0 Å². The number of piperazine rings is 1. The molecule has 0 saturated carbocycles. The number of hydrogen-bond donors (Lipinski definition) is 0. The second kappa shape index (κ2) is 7.13. The topological polar surface area (TPSA) is 73.6 Å². The monoisotopic (exact) mass is 357 g/mol. The minimum absolute atomic E-state index is 0.263. The third kappa shape index (κ3) is 3.45. The third-order valence-corrected chi connectivity index (χ3v) is 6.21. The SMILES string of the molecule is COc1ccc(S(=O)(=O)N2CCN(c3ccccc3C#N)CC2)cc1. The molecule has 0 amide bonds. The van der Waals surface area contributed by atoms with Gasteiger partial charge in [0.15, 0.2) is 0 Å². The van der Waals surface area contributed by atoms with Crippen molar-refractivity contribution in [3.05, 3.63) is 54.1 Å². The molecule has 0 bridgehead atoms. The van der Waals surface area contributed by atoms with Crippen molar-refractivity contribution in [2.75, 3.05) is 38.2 Å². The van der Waals surface area contributed by atoms with Crippen LogP contribution < -0.4 is 9.64 Å². The highest BCUT2D eigenvalue weighted by molar-refractivity contribution is 7.89. The number of sulfonamides is 1. The first kappa shape index (κ1) is 17.3. The Morgan fingerprint density at radius 3 is 2.24 bits per heavy atom. The average Bonchev–Trinajstić information content (AvgIpc) is 2.68. The minimum Gasteiger partial charge on any atom is -0.497 e. The summed E-state index contributed by atoms with van der Waals surface area (Å²) in [7, 11) is -1.98. The minimum atomic E-state index is -3.52. The van der Waals surface area contributed by atoms with E-state index in [1.807, 2.05) is 18.2 Å². The highest BCUT2D eigenvalue weighted by Gasteiger charge is 2.29. The van der Waals surface area contributed by atoms with Crippen molar-refractivity contribution >= 4 is 15.7 Å². The molecule has 0 unspecified atom stereocenters. The summed E-state index contributed by atoms with van der Waals surface area (Å²) in [5.41, 5.74) is 1.46. The summed E-state index contributed by atoms with van der Waals surface area (Å²) in [4.78, 5) is 2.32. The zero-order chi connectivity index (χ0) is 17.9. The van der Waals surface area contributed by atoms with Crippen molar-refractivity contribution in [2.45, 2.75) is 4.90 Å². The Morgan fingerprint density at radius 1 is 1.00 bits per heavy atom. The number of ether oxygens (including phenoxy) is 1.